The Balaban J connectivity index is 2.03. The Morgan fingerprint density at radius 1 is 1.30 bits per heavy atom. The van der Waals surface area contributed by atoms with E-state index in [1.807, 2.05) is 6.07 Å². The second-order valence-corrected chi connectivity index (χ2v) is 5.03. The SMILES string of the molecule is CN(Cc1cccc(Cl)c1Cl)C(=O)Nc1cccnc1. The quantitative estimate of drug-likeness (QED) is 0.929. The Morgan fingerprint density at radius 2 is 2.10 bits per heavy atom. The minimum atomic E-state index is -0.242. The molecule has 104 valence electrons. The highest BCUT2D eigenvalue weighted by molar-refractivity contribution is 6.42. The average Bonchev–Trinajstić information content (AvgIpc) is 2.45. The Hall–Kier alpha value is -1.78. The fourth-order valence-corrected chi connectivity index (χ4v) is 2.03. The molecule has 2 rings (SSSR count). The second kappa shape index (κ2) is 6.59. The van der Waals surface area contributed by atoms with Crippen LogP contribution in [0.15, 0.2) is 42.7 Å². The highest BCUT2D eigenvalue weighted by Gasteiger charge is 2.12. The number of hydrogen-bond acceptors (Lipinski definition) is 2. The van der Waals surface area contributed by atoms with Gasteiger partial charge >= 0.3 is 6.03 Å². The first kappa shape index (κ1) is 14.6. The molecule has 1 aromatic carbocycles. The number of aromatic nitrogens is 1. The molecule has 0 aliphatic carbocycles. The van der Waals surface area contributed by atoms with Crippen molar-refractivity contribution in [1.29, 1.82) is 0 Å². The number of hydrogen-bond donors (Lipinski definition) is 1. The molecule has 0 atom stereocenters. The molecule has 0 aliphatic heterocycles. The third-order valence-corrected chi connectivity index (χ3v) is 3.56. The molecule has 0 fully saturated rings. The normalized spacial score (nSPS) is 10.2. The summed E-state index contributed by atoms with van der Waals surface area (Å²) in [6.07, 6.45) is 3.23. The maximum Gasteiger partial charge on any atom is 0.321 e. The van der Waals surface area contributed by atoms with Crippen molar-refractivity contribution in [2.75, 3.05) is 12.4 Å². The van der Waals surface area contributed by atoms with Crippen molar-refractivity contribution in [2.24, 2.45) is 0 Å². The third kappa shape index (κ3) is 3.62. The van der Waals surface area contributed by atoms with Gasteiger partial charge in [-0.2, -0.15) is 0 Å². The first-order valence-electron chi connectivity index (χ1n) is 5.93. The number of amides is 2. The number of benzene rings is 1. The molecule has 2 amide bonds. The van der Waals surface area contributed by atoms with Gasteiger partial charge in [0.05, 0.1) is 21.9 Å². The highest BCUT2D eigenvalue weighted by Crippen LogP contribution is 2.26. The van der Waals surface area contributed by atoms with E-state index in [-0.39, 0.29) is 6.03 Å². The molecule has 0 unspecified atom stereocenters. The zero-order chi connectivity index (χ0) is 14.5. The van der Waals surface area contributed by atoms with E-state index < -0.39 is 0 Å². The van der Waals surface area contributed by atoms with Crippen LogP contribution in [-0.2, 0) is 6.54 Å². The molecule has 1 heterocycles. The molecule has 6 heteroatoms. The predicted octanol–water partition coefficient (Wildman–Crippen LogP) is 4.05. The minimum absolute atomic E-state index is 0.242. The largest absolute Gasteiger partial charge is 0.323 e. The van der Waals surface area contributed by atoms with Gasteiger partial charge in [0.15, 0.2) is 0 Å². The van der Waals surface area contributed by atoms with E-state index in [0.29, 0.717) is 22.3 Å². The summed E-state index contributed by atoms with van der Waals surface area (Å²) in [7, 11) is 1.68. The fraction of sp³-hybridized carbons (Fsp3) is 0.143. The highest BCUT2D eigenvalue weighted by atomic mass is 35.5. The molecule has 0 saturated heterocycles. The van der Waals surface area contributed by atoms with Crippen LogP contribution in [0.1, 0.15) is 5.56 Å². The van der Waals surface area contributed by atoms with Crippen LogP contribution in [0.4, 0.5) is 10.5 Å². The number of halogens is 2. The van der Waals surface area contributed by atoms with E-state index >= 15 is 0 Å². The zero-order valence-corrected chi connectivity index (χ0v) is 12.3. The van der Waals surface area contributed by atoms with E-state index in [1.165, 1.54) is 4.90 Å². The second-order valence-electron chi connectivity index (χ2n) is 4.24. The van der Waals surface area contributed by atoms with Crippen molar-refractivity contribution in [1.82, 2.24) is 9.88 Å². The average molecular weight is 310 g/mol. The first-order chi connectivity index (χ1) is 9.58. The Bertz CT molecular complexity index is 605. The van der Waals surface area contributed by atoms with E-state index in [9.17, 15) is 4.79 Å². The number of carbonyl (C=O) groups is 1. The van der Waals surface area contributed by atoms with E-state index in [4.69, 9.17) is 23.2 Å². The van der Waals surface area contributed by atoms with Gasteiger partial charge in [-0.15, -0.1) is 0 Å². The Kier molecular flexibility index (Phi) is 4.82. The molecule has 2 aromatic rings. The molecule has 4 nitrogen and oxygen atoms in total. The van der Waals surface area contributed by atoms with Gasteiger partial charge in [-0.25, -0.2) is 4.79 Å². The monoisotopic (exact) mass is 309 g/mol. The lowest BCUT2D eigenvalue weighted by atomic mass is 10.2. The maximum atomic E-state index is 12.0. The summed E-state index contributed by atoms with van der Waals surface area (Å²) in [4.78, 5) is 17.5. The van der Waals surface area contributed by atoms with Gasteiger partial charge < -0.3 is 10.2 Å². The lowest BCUT2D eigenvalue weighted by Crippen LogP contribution is -2.30. The summed E-state index contributed by atoms with van der Waals surface area (Å²) < 4.78 is 0. The van der Waals surface area contributed by atoms with Crippen molar-refractivity contribution in [3.63, 3.8) is 0 Å². The topological polar surface area (TPSA) is 45.2 Å². The predicted molar refractivity (Wildman–Crippen MR) is 81.2 cm³/mol. The molecule has 0 bridgehead atoms. The van der Waals surface area contributed by atoms with Gasteiger partial charge in [0, 0.05) is 19.8 Å². The van der Waals surface area contributed by atoms with Crippen molar-refractivity contribution < 1.29 is 4.79 Å². The van der Waals surface area contributed by atoms with E-state index in [0.717, 1.165) is 5.56 Å². The molecule has 1 N–H and O–H groups in total. The summed E-state index contributed by atoms with van der Waals surface area (Å²) in [5, 5.41) is 3.69. The molecule has 0 aliphatic rings. The van der Waals surface area contributed by atoms with Crippen molar-refractivity contribution in [3.05, 3.63) is 58.3 Å². The Labute approximate surface area is 127 Å². The van der Waals surface area contributed by atoms with Gasteiger partial charge in [-0.3, -0.25) is 4.98 Å². The zero-order valence-electron chi connectivity index (χ0n) is 10.8. The molecule has 0 radical (unpaired) electrons. The standard InChI is InChI=1S/C14H13Cl2N3O/c1-19(9-10-4-2-6-12(15)13(10)16)14(20)18-11-5-3-7-17-8-11/h2-8H,9H2,1H3,(H,18,20). The van der Waals surface area contributed by atoms with Crippen molar-refractivity contribution in [3.8, 4) is 0 Å². The van der Waals surface area contributed by atoms with E-state index in [2.05, 4.69) is 10.3 Å². The van der Waals surface area contributed by atoms with Crippen molar-refractivity contribution in [2.45, 2.75) is 6.54 Å². The summed E-state index contributed by atoms with van der Waals surface area (Å²) in [5.74, 6) is 0. The minimum Gasteiger partial charge on any atom is -0.323 e. The van der Waals surface area contributed by atoms with Gasteiger partial charge in [-0.1, -0.05) is 35.3 Å². The number of nitrogens with one attached hydrogen (secondary N) is 1. The van der Waals surface area contributed by atoms with Gasteiger partial charge in [0.2, 0.25) is 0 Å². The summed E-state index contributed by atoms with van der Waals surface area (Å²) in [6, 6.07) is 8.63. The summed E-state index contributed by atoms with van der Waals surface area (Å²) in [6.45, 7) is 0.367. The number of rotatable bonds is 3. The van der Waals surface area contributed by atoms with Crippen LogP contribution in [0.2, 0.25) is 10.0 Å². The van der Waals surface area contributed by atoms with Crippen LogP contribution in [-0.4, -0.2) is 23.0 Å². The van der Waals surface area contributed by atoms with Crippen LogP contribution in [0.5, 0.6) is 0 Å². The molecule has 20 heavy (non-hydrogen) atoms. The fourth-order valence-electron chi connectivity index (χ4n) is 1.65. The smallest absolute Gasteiger partial charge is 0.321 e. The molecular weight excluding hydrogens is 297 g/mol. The molecule has 1 aromatic heterocycles. The first-order valence-corrected chi connectivity index (χ1v) is 6.68. The Morgan fingerprint density at radius 3 is 2.80 bits per heavy atom. The van der Waals surface area contributed by atoms with Crippen LogP contribution in [0.3, 0.4) is 0 Å². The molecule has 0 saturated carbocycles. The van der Waals surface area contributed by atoms with Crippen molar-refractivity contribution >= 4 is 34.9 Å². The summed E-state index contributed by atoms with van der Waals surface area (Å²) >= 11 is 12.0. The van der Waals surface area contributed by atoms with Gasteiger partial charge in [0.25, 0.3) is 0 Å². The number of pyridine rings is 1. The number of nitrogens with zero attached hydrogens (tertiary/aromatic N) is 2. The summed E-state index contributed by atoms with van der Waals surface area (Å²) in [5.41, 5.74) is 1.43. The molecule has 0 spiro atoms. The van der Waals surface area contributed by atoms with Gasteiger partial charge in [-0.05, 0) is 23.8 Å². The maximum absolute atomic E-state index is 12.0. The molecular formula is C14H13Cl2N3O. The number of urea groups is 1. The number of anilines is 1. The van der Waals surface area contributed by atoms with Crippen LogP contribution in [0, 0.1) is 0 Å². The lowest BCUT2D eigenvalue weighted by molar-refractivity contribution is 0.220. The van der Waals surface area contributed by atoms with Crippen LogP contribution >= 0.6 is 23.2 Å². The van der Waals surface area contributed by atoms with E-state index in [1.54, 1.807) is 43.7 Å². The number of carbonyl (C=O) groups excluding carboxylic acids is 1. The van der Waals surface area contributed by atoms with Crippen LogP contribution in [0.25, 0.3) is 0 Å². The third-order valence-electron chi connectivity index (χ3n) is 2.70. The van der Waals surface area contributed by atoms with Crippen LogP contribution < -0.4 is 5.32 Å². The van der Waals surface area contributed by atoms with Gasteiger partial charge in [0.1, 0.15) is 0 Å². The lowest BCUT2D eigenvalue weighted by Gasteiger charge is -2.18.